The van der Waals surface area contributed by atoms with Crippen molar-refractivity contribution < 1.29 is 0 Å². The number of nitrogens with one attached hydrogen (secondary N) is 1. The van der Waals surface area contributed by atoms with E-state index < -0.39 is 0 Å². The van der Waals surface area contributed by atoms with Gasteiger partial charge in [0.1, 0.15) is 0 Å². The van der Waals surface area contributed by atoms with Crippen LogP contribution in [0.2, 0.25) is 0 Å². The lowest BCUT2D eigenvalue weighted by molar-refractivity contribution is 0.443. The molecule has 2 aromatic rings. The van der Waals surface area contributed by atoms with Crippen LogP contribution in [-0.4, -0.2) is 21.9 Å². The zero-order valence-electron chi connectivity index (χ0n) is 13.4. The van der Waals surface area contributed by atoms with E-state index in [-0.39, 0.29) is 5.54 Å². The minimum Gasteiger partial charge on any atom is -0.308 e. The number of hydrogen-bond donors (Lipinski definition) is 1. The minimum absolute atomic E-state index is 0.151. The highest BCUT2D eigenvalue weighted by Crippen LogP contribution is 2.13. The second-order valence-electron chi connectivity index (χ2n) is 6.30. The summed E-state index contributed by atoms with van der Waals surface area (Å²) in [5.41, 5.74) is 3.89. The molecule has 0 bridgehead atoms. The van der Waals surface area contributed by atoms with Gasteiger partial charge in [-0.3, -0.25) is 0 Å². The third-order valence-electron chi connectivity index (χ3n) is 3.33. The fourth-order valence-corrected chi connectivity index (χ4v) is 2.04. The number of hydrogen-bond acceptors (Lipinski definition) is 2. The molecule has 1 aromatic heterocycles. The largest absolute Gasteiger partial charge is 0.308 e. The van der Waals surface area contributed by atoms with Crippen LogP contribution in [0.25, 0.3) is 11.8 Å². The summed E-state index contributed by atoms with van der Waals surface area (Å²) in [4.78, 5) is 0. The van der Waals surface area contributed by atoms with Gasteiger partial charge in [0.05, 0.1) is 5.69 Å². The topological polar surface area (TPSA) is 29.9 Å². The smallest absolute Gasteiger partial charge is 0.0645 e. The number of nitrogens with zero attached hydrogens (tertiary/aromatic N) is 2. The maximum Gasteiger partial charge on any atom is 0.0645 e. The van der Waals surface area contributed by atoms with E-state index in [1.54, 1.807) is 6.20 Å². The van der Waals surface area contributed by atoms with Crippen LogP contribution in [0.4, 0.5) is 0 Å². The van der Waals surface area contributed by atoms with Crippen molar-refractivity contribution in [3.05, 3.63) is 53.9 Å². The van der Waals surface area contributed by atoms with Crippen LogP contribution in [0, 0.1) is 0 Å². The Bertz CT molecular complexity index is 572. The van der Waals surface area contributed by atoms with E-state index in [4.69, 9.17) is 0 Å². The van der Waals surface area contributed by atoms with Crippen LogP contribution < -0.4 is 5.32 Å². The summed E-state index contributed by atoms with van der Waals surface area (Å²) in [6, 6.07) is 10.4. The summed E-state index contributed by atoms with van der Waals surface area (Å²) in [7, 11) is 0. The molecule has 3 nitrogen and oxygen atoms in total. The lowest BCUT2D eigenvalue weighted by Gasteiger charge is -2.21. The highest BCUT2D eigenvalue weighted by molar-refractivity contribution is 5.55. The van der Waals surface area contributed by atoms with Crippen molar-refractivity contribution in [2.24, 2.45) is 0 Å². The average Bonchev–Trinajstić information content (AvgIpc) is 2.97. The molecule has 0 aliphatic carbocycles. The first-order valence-electron chi connectivity index (χ1n) is 7.52. The zero-order chi connectivity index (χ0) is 15.3. The van der Waals surface area contributed by atoms with E-state index in [0.717, 1.165) is 18.7 Å². The zero-order valence-corrected chi connectivity index (χ0v) is 13.4. The van der Waals surface area contributed by atoms with E-state index in [2.05, 4.69) is 68.5 Å². The van der Waals surface area contributed by atoms with Gasteiger partial charge in [0.25, 0.3) is 0 Å². The number of rotatable bonds is 5. The van der Waals surface area contributed by atoms with Gasteiger partial charge in [-0.25, -0.2) is 4.68 Å². The maximum absolute atomic E-state index is 4.24. The average molecular weight is 283 g/mol. The summed E-state index contributed by atoms with van der Waals surface area (Å²) in [5, 5.41) is 7.79. The van der Waals surface area contributed by atoms with Crippen molar-refractivity contribution >= 4 is 6.08 Å². The highest BCUT2D eigenvalue weighted by Gasteiger charge is 2.08. The molecule has 0 fully saturated rings. The van der Waals surface area contributed by atoms with E-state index in [1.807, 2.05) is 16.9 Å². The van der Waals surface area contributed by atoms with Crippen LogP contribution in [0.15, 0.2) is 48.3 Å². The van der Waals surface area contributed by atoms with Crippen molar-refractivity contribution in [3.8, 4) is 5.69 Å². The van der Waals surface area contributed by atoms with Crippen LogP contribution in [0.1, 0.15) is 39.7 Å². The molecule has 0 atom stereocenters. The van der Waals surface area contributed by atoms with Gasteiger partial charge in [-0.2, -0.15) is 5.10 Å². The SMILES string of the molecule is CCC(=Cc1ccc(-n2cccn2)cc1)CNC(C)(C)C. The molecule has 21 heavy (non-hydrogen) atoms. The standard InChI is InChI=1S/C18H25N3/c1-5-15(14-19-18(2,3)4)13-16-7-9-17(10-8-16)21-12-6-11-20-21/h6-13,19H,5,14H2,1-4H3. The fourth-order valence-electron chi connectivity index (χ4n) is 2.04. The van der Waals surface area contributed by atoms with Gasteiger partial charge >= 0.3 is 0 Å². The monoisotopic (exact) mass is 283 g/mol. The maximum atomic E-state index is 4.24. The second kappa shape index (κ2) is 6.72. The third kappa shape index (κ3) is 4.87. The van der Waals surface area contributed by atoms with Crippen LogP contribution in [0.5, 0.6) is 0 Å². The third-order valence-corrected chi connectivity index (χ3v) is 3.33. The van der Waals surface area contributed by atoms with Gasteiger partial charge in [0.15, 0.2) is 0 Å². The minimum atomic E-state index is 0.151. The molecule has 0 aliphatic heterocycles. The molecule has 0 radical (unpaired) electrons. The Morgan fingerprint density at radius 3 is 2.48 bits per heavy atom. The normalized spacial score (nSPS) is 12.7. The Kier molecular flexibility index (Phi) is 4.97. The van der Waals surface area contributed by atoms with Crippen LogP contribution in [-0.2, 0) is 0 Å². The molecule has 0 unspecified atom stereocenters. The first-order valence-corrected chi connectivity index (χ1v) is 7.52. The van der Waals surface area contributed by atoms with Gasteiger partial charge in [0.2, 0.25) is 0 Å². The molecular formula is C18H25N3. The summed E-state index contributed by atoms with van der Waals surface area (Å²) in [6.45, 7) is 9.71. The molecule has 0 saturated carbocycles. The fraction of sp³-hybridized carbons (Fsp3) is 0.389. The quantitative estimate of drug-likeness (QED) is 0.897. The molecule has 3 heteroatoms. The molecule has 0 spiro atoms. The summed E-state index contributed by atoms with van der Waals surface area (Å²) in [6.07, 6.45) is 7.08. The summed E-state index contributed by atoms with van der Waals surface area (Å²) < 4.78 is 1.87. The molecule has 1 heterocycles. The van der Waals surface area contributed by atoms with Gasteiger partial charge in [0, 0.05) is 24.5 Å². The highest BCUT2D eigenvalue weighted by atomic mass is 15.3. The van der Waals surface area contributed by atoms with E-state index in [0.29, 0.717) is 0 Å². The number of aromatic nitrogens is 2. The van der Waals surface area contributed by atoms with Gasteiger partial charge < -0.3 is 5.32 Å². The lowest BCUT2D eigenvalue weighted by atomic mass is 10.1. The van der Waals surface area contributed by atoms with E-state index in [9.17, 15) is 0 Å². The number of benzene rings is 1. The van der Waals surface area contributed by atoms with E-state index in [1.165, 1.54) is 11.1 Å². The lowest BCUT2D eigenvalue weighted by Crippen LogP contribution is -2.36. The van der Waals surface area contributed by atoms with Gasteiger partial charge in [-0.05, 0) is 51.0 Å². The predicted octanol–water partition coefficient (Wildman–Crippen LogP) is 4.05. The van der Waals surface area contributed by atoms with E-state index >= 15 is 0 Å². The Hall–Kier alpha value is -1.87. The van der Waals surface area contributed by atoms with Gasteiger partial charge in [-0.1, -0.05) is 30.7 Å². The van der Waals surface area contributed by atoms with Crippen molar-refractivity contribution in [1.29, 1.82) is 0 Å². The molecule has 1 N–H and O–H groups in total. The van der Waals surface area contributed by atoms with Crippen LogP contribution >= 0.6 is 0 Å². The van der Waals surface area contributed by atoms with Crippen molar-refractivity contribution in [2.75, 3.05) is 6.54 Å². The molecule has 0 saturated heterocycles. The predicted molar refractivity (Wildman–Crippen MR) is 89.6 cm³/mol. The molecule has 112 valence electrons. The van der Waals surface area contributed by atoms with Crippen molar-refractivity contribution in [3.63, 3.8) is 0 Å². The Labute approximate surface area is 127 Å². The molecule has 1 aromatic carbocycles. The first kappa shape index (κ1) is 15.5. The van der Waals surface area contributed by atoms with Gasteiger partial charge in [-0.15, -0.1) is 0 Å². The van der Waals surface area contributed by atoms with Crippen LogP contribution in [0.3, 0.4) is 0 Å². The second-order valence-corrected chi connectivity index (χ2v) is 6.30. The van der Waals surface area contributed by atoms with Crippen molar-refractivity contribution in [2.45, 2.75) is 39.7 Å². The molecule has 0 amide bonds. The summed E-state index contributed by atoms with van der Waals surface area (Å²) >= 11 is 0. The Balaban J connectivity index is 2.08. The molecule has 0 aliphatic rings. The summed E-state index contributed by atoms with van der Waals surface area (Å²) in [5.74, 6) is 0. The first-order chi connectivity index (χ1) is 9.98. The Morgan fingerprint density at radius 1 is 1.24 bits per heavy atom. The van der Waals surface area contributed by atoms with Crippen molar-refractivity contribution in [1.82, 2.24) is 15.1 Å². The molecule has 2 rings (SSSR count). The Morgan fingerprint density at radius 2 is 1.95 bits per heavy atom. The molecular weight excluding hydrogens is 258 g/mol.